The molecule has 1 unspecified atom stereocenters. The van der Waals surface area contributed by atoms with Crippen LogP contribution in [0.25, 0.3) is 0 Å². The Morgan fingerprint density at radius 2 is 2.00 bits per heavy atom. The first-order valence-electron chi connectivity index (χ1n) is 7.53. The number of benzene rings is 1. The molecule has 3 atom stereocenters. The van der Waals surface area contributed by atoms with E-state index in [-0.39, 0.29) is 10.8 Å². The van der Waals surface area contributed by atoms with E-state index in [1.807, 2.05) is 12.1 Å². The van der Waals surface area contributed by atoms with Crippen LogP contribution in [0.15, 0.2) is 24.3 Å². The number of hydrogen-bond acceptors (Lipinski definition) is 3. The Bertz CT molecular complexity index is 525. The van der Waals surface area contributed by atoms with Crippen LogP contribution in [0, 0.1) is 17.8 Å². The van der Waals surface area contributed by atoms with Crippen LogP contribution in [0.3, 0.4) is 0 Å². The first kappa shape index (κ1) is 13.9. The van der Waals surface area contributed by atoms with Crippen LogP contribution in [0.4, 0.5) is 0 Å². The van der Waals surface area contributed by atoms with Gasteiger partial charge in [0, 0.05) is 23.7 Å². The zero-order chi connectivity index (χ0) is 14.3. The van der Waals surface area contributed by atoms with Crippen LogP contribution >= 0.6 is 12.2 Å². The average molecular weight is 290 g/mol. The summed E-state index contributed by atoms with van der Waals surface area (Å²) in [5.74, 6) is 2.58. The summed E-state index contributed by atoms with van der Waals surface area (Å²) in [4.78, 5) is 0. The van der Waals surface area contributed by atoms with Crippen LogP contribution in [-0.2, 0) is 10.3 Å². The molecule has 2 nitrogen and oxygen atoms in total. The Kier molecular flexibility index (Phi) is 3.49. The third kappa shape index (κ3) is 2.12. The van der Waals surface area contributed by atoms with Crippen molar-refractivity contribution in [1.29, 1.82) is 0 Å². The van der Waals surface area contributed by atoms with Gasteiger partial charge in [-0.3, -0.25) is 0 Å². The van der Waals surface area contributed by atoms with E-state index in [4.69, 9.17) is 21.7 Å². The number of hydrogen-bond donors (Lipinski definition) is 0. The fourth-order valence-corrected chi connectivity index (χ4v) is 4.23. The normalized spacial score (nSPS) is 32.7. The topological polar surface area (TPSA) is 18.5 Å². The summed E-state index contributed by atoms with van der Waals surface area (Å²) < 4.78 is 11.8. The van der Waals surface area contributed by atoms with Crippen molar-refractivity contribution in [2.24, 2.45) is 17.8 Å². The van der Waals surface area contributed by atoms with Crippen molar-refractivity contribution in [1.82, 2.24) is 0 Å². The molecule has 3 rings (SSSR count). The standard InChI is InChI=1S/C17H22O2S/c1-11(2)13-9-8-12(3)10-17(13)14-6-4-5-7-15(14)18-16(20)19-17/h4-7,11-13H,8-10H2,1-3H3/t12-,13+,17?/m1/s1. The molecule has 1 heterocycles. The molecule has 2 aliphatic rings. The molecular formula is C17H22O2S. The predicted octanol–water partition coefficient (Wildman–Crippen LogP) is 4.67. The lowest BCUT2D eigenvalue weighted by atomic mass is 9.64. The molecule has 1 spiro atoms. The maximum absolute atomic E-state index is 6.19. The van der Waals surface area contributed by atoms with E-state index in [1.165, 1.54) is 18.4 Å². The van der Waals surface area contributed by atoms with Gasteiger partial charge in [-0.2, -0.15) is 0 Å². The largest absolute Gasteiger partial charge is 0.445 e. The maximum Gasteiger partial charge on any atom is 0.358 e. The van der Waals surface area contributed by atoms with Gasteiger partial charge in [0.15, 0.2) is 0 Å². The van der Waals surface area contributed by atoms with Gasteiger partial charge in [-0.05, 0) is 30.7 Å². The summed E-state index contributed by atoms with van der Waals surface area (Å²) >= 11 is 5.27. The van der Waals surface area contributed by atoms with Gasteiger partial charge in [0.1, 0.15) is 11.4 Å². The summed E-state index contributed by atoms with van der Waals surface area (Å²) in [6.45, 7) is 6.88. The van der Waals surface area contributed by atoms with Gasteiger partial charge >= 0.3 is 5.24 Å². The van der Waals surface area contributed by atoms with Crippen molar-refractivity contribution in [3.63, 3.8) is 0 Å². The Labute approximate surface area is 126 Å². The monoisotopic (exact) mass is 290 g/mol. The van der Waals surface area contributed by atoms with Crippen molar-refractivity contribution in [2.75, 3.05) is 0 Å². The van der Waals surface area contributed by atoms with E-state index in [2.05, 4.69) is 32.9 Å². The highest BCUT2D eigenvalue weighted by Gasteiger charge is 2.51. The predicted molar refractivity (Wildman–Crippen MR) is 83.8 cm³/mol. The highest BCUT2D eigenvalue weighted by Crippen LogP contribution is 2.53. The number of ether oxygens (including phenoxy) is 2. The summed E-state index contributed by atoms with van der Waals surface area (Å²) in [5, 5.41) is 0.281. The molecule has 20 heavy (non-hydrogen) atoms. The number of thiocarbonyl (C=S) groups is 1. The molecule has 1 saturated carbocycles. The molecule has 0 N–H and O–H groups in total. The van der Waals surface area contributed by atoms with Crippen LogP contribution in [-0.4, -0.2) is 5.24 Å². The van der Waals surface area contributed by atoms with E-state index in [1.54, 1.807) is 0 Å². The van der Waals surface area contributed by atoms with Crippen molar-refractivity contribution in [3.8, 4) is 5.75 Å². The van der Waals surface area contributed by atoms with Crippen molar-refractivity contribution in [2.45, 2.75) is 45.6 Å². The van der Waals surface area contributed by atoms with E-state index >= 15 is 0 Å². The lowest BCUT2D eigenvalue weighted by Crippen LogP contribution is -2.49. The molecule has 1 aromatic rings. The highest BCUT2D eigenvalue weighted by atomic mass is 32.1. The molecule has 0 saturated heterocycles. The van der Waals surface area contributed by atoms with Gasteiger partial charge < -0.3 is 9.47 Å². The number of para-hydroxylation sites is 1. The maximum atomic E-state index is 6.19. The summed E-state index contributed by atoms with van der Waals surface area (Å²) in [5.41, 5.74) is 0.886. The lowest BCUT2D eigenvalue weighted by Gasteiger charge is -2.50. The van der Waals surface area contributed by atoms with E-state index < -0.39 is 0 Å². The molecular weight excluding hydrogens is 268 g/mol. The second-order valence-corrected chi connectivity index (χ2v) is 6.91. The van der Waals surface area contributed by atoms with Gasteiger partial charge in [-0.25, -0.2) is 0 Å². The third-order valence-electron chi connectivity index (χ3n) is 4.83. The molecule has 0 bridgehead atoms. The van der Waals surface area contributed by atoms with Crippen LogP contribution in [0.2, 0.25) is 0 Å². The molecule has 1 aromatic carbocycles. The van der Waals surface area contributed by atoms with Gasteiger partial charge in [0.05, 0.1) is 0 Å². The summed E-state index contributed by atoms with van der Waals surface area (Å²) in [7, 11) is 0. The number of fused-ring (bicyclic) bond motifs is 2. The second-order valence-electron chi connectivity index (χ2n) is 6.58. The molecule has 3 heteroatoms. The third-order valence-corrected chi connectivity index (χ3v) is 4.99. The molecule has 0 aromatic heterocycles. The quantitative estimate of drug-likeness (QED) is 0.700. The SMILES string of the molecule is CC(C)[C@@H]1CC[C@@H](C)CC12OC(=S)Oc1ccccc12. The van der Waals surface area contributed by atoms with E-state index in [9.17, 15) is 0 Å². The van der Waals surface area contributed by atoms with Crippen LogP contribution < -0.4 is 4.74 Å². The number of rotatable bonds is 1. The molecule has 1 fully saturated rings. The summed E-state index contributed by atoms with van der Waals surface area (Å²) in [6, 6.07) is 8.21. The fourth-order valence-electron chi connectivity index (χ4n) is 3.99. The van der Waals surface area contributed by atoms with Gasteiger partial charge in [0.25, 0.3) is 0 Å². The molecule has 108 valence electrons. The van der Waals surface area contributed by atoms with Gasteiger partial charge in [-0.15, -0.1) is 0 Å². The summed E-state index contributed by atoms with van der Waals surface area (Å²) in [6.07, 6.45) is 3.48. The Morgan fingerprint density at radius 3 is 2.75 bits per heavy atom. The minimum absolute atomic E-state index is 0.281. The second kappa shape index (κ2) is 5.03. The first-order chi connectivity index (χ1) is 9.53. The minimum Gasteiger partial charge on any atom is -0.445 e. The zero-order valence-corrected chi connectivity index (χ0v) is 13.2. The minimum atomic E-state index is -0.294. The van der Waals surface area contributed by atoms with Crippen molar-refractivity contribution < 1.29 is 9.47 Å². The smallest absolute Gasteiger partial charge is 0.358 e. The van der Waals surface area contributed by atoms with Crippen molar-refractivity contribution >= 4 is 17.5 Å². The molecule has 0 radical (unpaired) electrons. The van der Waals surface area contributed by atoms with Crippen LogP contribution in [0.5, 0.6) is 5.75 Å². The van der Waals surface area contributed by atoms with Crippen molar-refractivity contribution in [3.05, 3.63) is 29.8 Å². The molecule has 1 aliphatic heterocycles. The zero-order valence-electron chi connectivity index (χ0n) is 12.4. The molecule has 0 amide bonds. The highest BCUT2D eigenvalue weighted by molar-refractivity contribution is 7.79. The Morgan fingerprint density at radius 1 is 1.25 bits per heavy atom. The Hall–Kier alpha value is -1.09. The fraction of sp³-hybridized carbons (Fsp3) is 0.588. The Balaban J connectivity index is 2.14. The van der Waals surface area contributed by atoms with E-state index in [0.29, 0.717) is 17.8 Å². The van der Waals surface area contributed by atoms with E-state index in [0.717, 1.165) is 12.2 Å². The average Bonchev–Trinajstić information content (AvgIpc) is 2.38. The van der Waals surface area contributed by atoms with Gasteiger partial charge in [0.2, 0.25) is 0 Å². The lowest BCUT2D eigenvalue weighted by molar-refractivity contribution is -0.0930. The first-order valence-corrected chi connectivity index (χ1v) is 7.94. The molecule has 1 aliphatic carbocycles. The van der Waals surface area contributed by atoms with Crippen LogP contribution in [0.1, 0.15) is 45.6 Å². The van der Waals surface area contributed by atoms with Gasteiger partial charge in [-0.1, -0.05) is 45.4 Å².